The number of rotatable bonds is 8. The van der Waals surface area contributed by atoms with Gasteiger partial charge in [0, 0.05) is 28.6 Å². The van der Waals surface area contributed by atoms with Crippen LogP contribution in [0.3, 0.4) is 0 Å². The van der Waals surface area contributed by atoms with Gasteiger partial charge in [-0.3, -0.25) is 9.52 Å². The van der Waals surface area contributed by atoms with Gasteiger partial charge in [-0.25, -0.2) is 9.97 Å². The monoisotopic (exact) mass is 560 g/mol. The molecule has 1 amide bonds. The summed E-state index contributed by atoms with van der Waals surface area (Å²) in [5.41, 5.74) is 6.46. The van der Waals surface area contributed by atoms with Crippen LogP contribution in [0.15, 0.2) is 77.7 Å². The van der Waals surface area contributed by atoms with Crippen molar-refractivity contribution in [1.82, 2.24) is 15.3 Å². The summed E-state index contributed by atoms with van der Waals surface area (Å²) in [6.07, 6.45) is -0.798. The summed E-state index contributed by atoms with van der Waals surface area (Å²) in [7, 11) is 0. The van der Waals surface area contributed by atoms with Crippen molar-refractivity contribution in [3.63, 3.8) is 0 Å². The van der Waals surface area contributed by atoms with E-state index in [-0.39, 0.29) is 17.9 Å². The smallest absolute Gasteiger partial charge is 0.251 e. The quantitative estimate of drug-likeness (QED) is 0.155. The molecule has 0 aliphatic carbocycles. The number of benzene rings is 3. The van der Waals surface area contributed by atoms with Gasteiger partial charge in [0.1, 0.15) is 5.15 Å². The van der Waals surface area contributed by atoms with Gasteiger partial charge in [0.2, 0.25) is 5.95 Å². The maximum Gasteiger partial charge on any atom is 0.251 e. The van der Waals surface area contributed by atoms with Crippen LogP contribution in [0.25, 0.3) is 11.3 Å². The summed E-state index contributed by atoms with van der Waals surface area (Å²) < 4.78 is 3.14. The van der Waals surface area contributed by atoms with Crippen molar-refractivity contribution in [2.45, 2.75) is 51.0 Å². The van der Waals surface area contributed by atoms with Crippen LogP contribution in [0.1, 0.15) is 59.5 Å². The van der Waals surface area contributed by atoms with Crippen LogP contribution < -0.4 is 10.0 Å². The van der Waals surface area contributed by atoms with Gasteiger partial charge in [-0.1, -0.05) is 80.9 Å². The number of halogens is 1. The van der Waals surface area contributed by atoms with Gasteiger partial charge in [0.05, 0.1) is 11.8 Å². The van der Waals surface area contributed by atoms with Gasteiger partial charge in [-0.15, -0.1) is 0 Å². The van der Waals surface area contributed by atoms with E-state index in [2.05, 4.69) is 40.8 Å². The molecule has 3 N–H and O–H groups in total. The van der Waals surface area contributed by atoms with Gasteiger partial charge in [-0.05, 0) is 71.7 Å². The van der Waals surface area contributed by atoms with Gasteiger partial charge in [-0.2, -0.15) is 0 Å². The van der Waals surface area contributed by atoms with Crippen molar-refractivity contribution in [1.29, 1.82) is 0 Å². The standard InChI is InChI=1S/C31H33ClN4O2S/c1-19-8-6-9-20(2)28(19)25-17-27(32)35-30(34-25)36-39-24-11-7-10-22(16-24)29(38)33-18-26(37)21-12-14-23(15-13-21)31(3,4)5/h6-17,26,37H,18H2,1-5H3,(H,33,38)(H,34,35,36). The fourth-order valence-corrected chi connectivity index (χ4v) is 5.05. The molecule has 1 atom stereocenters. The Morgan fingerprint density at radius 2 is 1.64 bits per heavy atom. The summed E-state index contributed by atoms with van der Waals surface area (Å²) >= 11 is 7.60. The zero-order valence-electron chi connectivity index (χ0n) is 22.7. The molecule has 4 aromatic rings. The molecule has 3 aromatic carbocycles. The maximum absolute atomic E-state index is 12.8. The molecular formula is C31H33ClN4O2S. The summed E-state index contributed by atoms with van der Waals surface area (Å²) in [4.78, 5) is 22.6. The first kappa shape index (κ1) is 28.6. The normalized spacial score (nSPS) is 12.2. The molecule has 202 valence electrons. The second kappa shape index (κ2) is 12.2. The van der Waals surface area contributed by atoms with E-state index < -0.39 is 6.10 Å². The molecule has 0 aliphatic heterocycles. The van der Waals surface area contributed by atoms with Crippen LogP contribution in [0.4, 0.5) is 5.95 Å². The van der Waals surface area contributed by atoms with E-state index in [9.17, 15) is 9.90 Å². The highest BCUT2D eigenvalue weighted by Gasteiger charge is 2.16. The van der Waals surface area contributed by atoms with Crippen LogP contribution in [0.5, 0.6) is 0 Å². The molecule has 0 radical (unpaired) electrons. The molecule has 1 heterocycles. The topological polar surface area (TPSA) is 87.1 Å². The minimum atomic E-state index is -0.798. The zero-order valence-corrected chi connectivity index (χ0v) is 24.3. The number of amides is 1. The lowest BCUT2D eigenvalue weighted by Gasteiger charge is -2.20. The predicted octanol–water partition coefficient (Wildman–Crippen LogP) is 7.29. The Balaban J connectivity index is 1.39. The predicted molar refractivity (Wildman–Crippen MR) is 160 cm³/mol. The molecule has 1 unspecified atom stereocenters. The summed E-state index contributed by atoms with van der Waals surface area (Å²) in [5.74, 6) is 0.111. The van der Waals surface area contributed by atoms with Crippen molar-refractivity contribution in [3.8, 4) is 11.3 Å². The Bertz CT molecular complexity index is 1450. The van der Waals surface area contributed by atoms with Crippen molar-refractivity contribution >= 4 is 35.4 Å². The first-order chi connectivity index (χ1) is 18.5. The second-order valence-electron chi connectivity index (χ2n) is 10.5. The largest absolute Gasteiger partial charge is 0.387 e. The number of hydrogen-bond acceptors (Lipinski definition) is 6. The number of nitrogens with zero attached hydrogens (tertiary/aromatic N) is 2. The number of aryl methyl sites for hydroxylation is 2. The molecule has 0 spiro atoms. The molecule has 8 heteroatoms. The number of carbonyl (C=O) groups is 1. The minimum Gasteiger partial charge on any atom is -0.387 e. The lowest BCUT2D eigenvalue weighted by Crippen LogP contribution is -2.28. The summed E-state index contributed by atoms with van der Waals surface area (Å²) in [6, 6.07) is 22.9. The molecule has 1 aromatic heterocycles. The lowest BCUT2D eigenvalue weighted by molar-refractivity contribution is 0.0916. The van der Waals surface area contributed by atoms with E-state index in [1.807, 2.05) is 68.4 Å². The van der Waals surface area contributed by atoms with Crippen LogP contribution in [-0.2, 0) is 5.41 Å². The summed E-state index contributed by atoms with van der Waals surface area (Å²) in [5, 5.41) is 13.7. The van der Waals surface area contributed by atoms with Crippen molar-refractivity contribution in [3.05, 3.63) is 106 Å². The number of hydrogen-bond donors (Lipinski definition) is 3. The molecule has 0 bridgehead atoms. The van der Waals surface area contributed by atoms with E-state index in [1.54, 1.807) is 18.2 Å². The molecule has 0 saturated carbocycles. The first-order valence-electron chi connectivity index (χ1n) is 12.7. The molecule has 6 nitrogen and oxygen atoms in total. The van der Waals surface area contributed by atoms with E-state index in [0.717, 1.165) is 32.8 Å². The van der Waals surface area contributed by atoms with E-state index in [0.29, 0.717) is 16.7 Å². The second-order valence-corrected chi connectivity index (χ2v) is 11.8. The average molecular weight is 561 g/mol. The minimum absolute atomic E-state index is 0.0384. The SMILES string of the molecule is Cc1cccc(C)c1-c1cc(Cl)nc(NSc2cccc(C(=O)NCC(O)c3ccc(C(C)(C)C)cc3)c2)n1. The van der Waals surface area contributed by atoms with E-state index in [4.69, 9.17) is 11.6 Å². The Hall–Kier alpha value is -3.39. The van der Waals surface area contributed by atoms with E-state index in [1.165, 1.54) is 17.5 Å². The van der Waals surface area contributed by atoms with Crippen LogP contribution in [0, 0.1) is 13.8 Å². The fourth-order valence-electron chi connectivity index (χ4n) is 4.23. The first-order valence-corrected chi connectivity index (χ1v) is 13.9. The van der Waals surface area contributed by atoms with Crippen molar-refractivity contribution in [2.75, 3.05) is 11.3 Å². The van der Waals surface area contributed by atoms with Crippen LogP contribution >= 0.6 is 23.5 Å². The van der Waals surface area contributed by atoms with Gasteiger partial charge >= 0.3 is 0 Å². The number of nitrogens with one attached hydrogen (secondary N) is 2. The highest BCUT2D eigenvalue weighted by atomic mass is 35.5. The number of aliphatic hydroxyl groups excluding tert-OH is 1. The van der Waals surface area contributed by atoms with Gasteiger partial charge in [0.25, 0.3) is 5.91 Å². The number of aliphatic hydroxyl groups is 1. The van der Waals surface area contributed by atoms with Crippen molar-refractivity contribution in [2.24, 2.45) is 0 Å². The van der Waals surface area contributed by atoms with Crippen molar-refractivity contribution < 1.29 is 9.90 Å². The molecule has 0 saturated heterocycles. The molecule has 0 aliphatic rings. The van der Waals surface area contributed by atoms with E-state index >= 15 is 0 Å². The number of carbonyl (C=O) groups excluding carboxylic acids is 1. The lowest BCUT2D eigenvalue weighted by atomic mass is 9.86. The number of aromatic nitrogens is 2. The highest BCUT2D eigenvalue weighted by molar-refractivity contribution is 8.00. The third-order valence-corrected chi connectivity index (χ3v) is 7.37. The molecule has 4 rings (SSSR count). The third-order valence-electron chi connectivity index (χ3n) is 6.41. The Morgan fingerprint density at radius 3 is 2.31 bits per heavy atom. The number of anilines is 1. The van der Waals surface area contributed by atoms with Crippen LogP contribution in [0.2, 0.25) is 5.15 Å². The van der Waals surface area contributed by atoms with Gasteiger partial charge in [0.15, 0.2) is 0 Å². The molecule has 39 heavy (non-hydrogen) atoms. The molecule has 0 fully saturated rings. The Kier molecular flexibility index (Phi) is 8.95. The molecular weight excluding hydrogens is 528 g/mol. The van der Waals surface area contributed by atoms with Crippen LogP contribution in [-0.4, -0.2) is 27.5 Å². The summed E-state index contributed by atoms with van der Waals surface area (Å²) in [6.45, 7) is 10.6. The highest BCUT2D eigenvalue weighted by Crippen LogP contribution is 2.29. The zero-order chi connectivity index (χ0) is 28.2. The maximum atomic E-state index is 12.8. The Labute approximate surface area is 239 Å². The Morgan fingerprint density at radius 1 is 0.974 bits per heavy atom. The average Bonchev–Trinajstić information content (AvgIpc) is 2.90. The third kappa shape index (κ3) is 7.38. The van der Waals surface area contributed by atoms with Gasteiger partial charge < -0.3 is 10.4 Å². The fraction of sp³-hybridized carbons (Fsp3) is 0.258.